The first kappa shape index (κ1) is 19.7. The van der Waals surface area contributed by atoms with Gasteiger partial charge in [-0.15, -0.1) is 0 Å². The van der Waals surface area contributed by atoms with E-state index < -0.39 is 0 Å². The molecule has 0 aromatic heterocycles. The van der Waals surface area contributed by atoms with Crippen LogP contribution in [0.15, 0.2) is 12.2 Å². The molecule has 1 aliphatic rings. The molecule has 1 rings (SSSR count). The van der Waals surface area contributed by atoms with Crippen molar-refractivity contribution in [1.82, 2.24) is 0 Å². The van der Waals surface area contributed by atoms with Gasteiger partial charge in [0.25, 0.3) is 0 Å². The van der Waals surface area contributed by atoms with Crippen LogP contribution in [0.1, 0.15) is 65.7 Å². The molecule has 0 aromatic rings. The standard InChI is InChI=1S/C19H32O4/c1-5-15(4)16-8-10-17(11-9-16)19(21)23-13-7-6-12-22-18(20)14(2)3/h15-17H,2,5-13H2,1,3-4H3. The maximum atomic E-state index is 12.1. The van der Waals surface area contributed by atoms with Gasteiger partial charge in [-0.3, -0.25) is 4.79 Å². The topological polar surface area (TPSA) is 52.6 Å². The third-order valence-corrected chi connectivity index (χ3v) is 4.92. The summed E-state index contributed by atoms with van der Waals surface area (Å²) in [6, 6.07) is 0. The molecule has 1 atom stereocenters. The number of carbonyl (C=O) groups is 2. The summed E-state index contributed by atoms with van der Waals surface area (Å²) in [6.45, 7) is 10.5. The fourth-order valence-electron chi connectivity index (χ4n) is 3.04. The van der Waals surface area contributed by atoms with Crippen molar-refractivity contribution in [2.24, 2.45) is 17.8 Å². The van der Waals surface area contributed by atoms with Crippen LogP contribution >= 0.6 is 0 Å². The number of hydrogen-bond donors (Lipinski definition) is 0. The van der Waals surface area contributed by atoms with Crippen molar-refractivity contribution in [3.63, 3.8) is 0 Å². The summed E-state index contributed by atoms with van der Waals surface area (Å²) < 4.78 is 10.4. The van der Waals surface area contributed by atoms with Crippen molar-refractivity contribution in [3.8, 4) is 0 Å². The highest BCUT2D eigenvalue weighted by Gasteiger charge is 2.29. The second-order valence-corrected chi connectivity index (χ2v) is 6.79. The molecule has 0 heterocycles. The number of ether oxygens (including phenoxy) is 2. The Labute approximate surface area is 140 Å². The molecule has 0 spiro atoms. The van der Waals surface area contributed by atoms with E-state index in [-0.39, 0.29) is 17.9 Å². The van der Waals surface area contributed by atoms with Gasteiger partial charge < -0.3 is 9.47 Å². The molecule has 23 heavy (non-hydrogen) atoms. The molecule has 0 aliphatic heterocycles. The number of rotatable bonds is 9. The molecule has 1 unspecified atom stereocenters. The van der Waals surface area contributed by atoms with E-state index in [9.17, 15) is 9.59 Å². The predicted octanol–water partition coefficient (Wildman–Crippen LogP) is 4.28. The van der Waals surface area contributed by atoms with Crippen molar-refractivity contribution < 1.29 is 19.1 Å². The van der Waals surface area contributed by atoms with Gasteiger partial charge in [-0.05, 0) is 57.3 Å². The summed E-state index contributed by atoms with van der Waals surface area (Å²) in [4.78, 5) is 23.2. The van der Waals surface area contributed by atoms with E-state index in [4.69, 9.17) is 9.47 Å². The van der Waals surface area contributed by atoms with E-state index in [0.29, 0.717) is 25.2 Å². The van der Waals surface area contributed by atoms with Gasteiger partial charge >= 0.3 is 11.9 Å². The molecule has 0 bridgehead atoms. The van der Waals surface area contributed by atoms with Gasteiger partial charge in [-0.1, -0.05) is 26.8 Å². The van der Waals surface area contributed by atoms with Crippen LogP contribution in [-0.2, 0) is 19.1 Å². The zero-order chi connectivity index (χ0) is 17.2. The molecular weight excluding hydrogens is 292 g/mol. The van der Waals surface area contributed by atoms with Crippen molar-refractivity contribution >= 4 is 11.9 Å². The molecule has 1 saturated carbocycles. The lowest BCUT2D eigenvalue weighted by Gasteiger charge is -2.30. The van der Waals surface area contributed by atoms with Crippen LogP contribution < -0.4 is 0 Å². The molecule has 1 fully saturated rings. The summed E-state index contributed by atoms with van der Waals surface area (Å²) in [5.74, 6) is 1.20. The minimum Gasteiger partial charge on any atom is -0.465 e. The first-order valence-corrected chi connectivity index (χ1v) is 8.95. The SMILES string of the molecule is C=C(C)C(=O)OCCCCOC(=O)C1CCC(C(C)CC)CC1. The average molecular weight is 324 g/mol. The van der Waals surface area contributed by atoms with Crippen LogP contribution in [0.2, 0.25) is 0 Å². The van der Waals surface area contributed by atoms with E-state index in [0.717, 1.165) is 43.9 Å². The number of unbranched alkanes of at least 4 members (excludes halogenated alkanes) is 1. The van der Waals surface area contributed by atoms with E-state index >= 15 is 0 Å². The normalized spacial score (nSPS) is 22.2. The molecular formula is C19H32O4. The van der Waals surface area contributed by atoms with Crippen LogP contribution in [0.25, 0.3) is 0 Å². The molecule has 4 nitrogen and oxygen atoms in total. The minimum atomic E-state index is -0.361. The van der Waals surface area contributed by atoms with Crippen LogP contribution in [0.4, 0.5) is 0 Å². The van der Waals surface area contributed by atoms with Crippen LogP contribution in [0.3, 0.4) is 0 Å². The number of hydrogen-bond acceptors (Lipinski definition) is 4. The Bertz CT molecular complexity index is 394. The summed E-state index contributed by atoms with van der Waals surface area (Å²) in [5.41, 5.74) is 0.407. The fraction of sp³-hybridized carbons (Fsp3) is 0.789. The highest BCUT2D eigenvalue weighted by atomic mass is 16.5. The van der Waals surface area contributed by atoms with Gasteiger partial charge in [0.15, 0.2) is 0 Å². The number of esters is 2. The maximum Gasteiger partial charge on any atom is 0.333 e. The molecule has 0 amide bonds. The summed E-state index contributed by atoms with van der Waals surface area (Å²) in [6.07, 6.45) is 6.85. The molecule has 0 saturated heterocycles. The highest BCUT2D eigenvalue weighted by molar-refractivity contribution is 5.86. The van der Waals surface area contributed by atoms with Crippen LogP contribution in [-0.4, -0.2) is 25.2 Å². The zero-order valence-corrected chi connectivity index (χ0v) is 14.9. The van der Waals surface area contributed by atoms with E-state index in [1.807, 2.05) is 0 Å². The van der Waals surface area contributed by atoms with Crippen LogP contribution in [0.5, 0.6) is 0 Å². The van der Waals surface area contributed by atoms with Gasteiger partial charge in [0, 0.05) is 5.57 Å². The van der Waals surface area contributed by atoms with Gasteiger partial charge in [-0.2, -0.15) is 0 Å². The van der Waals surface area contributed by atoms with Crippen LogP contribution in [0, 0.1) is 17.8 Å². The van der Waals surface area contributed by atoms with E-state index in [1.165, 1.54) is 6.42 Å². The zero-order valence-electron chi connectivity index (χ0n) is 14.9. The van der Waals surface area contributed by atoms with Crippen molar-refractivity contribution in [1.29, 1.82) is 0 Å². The fourth-order valence-corrected chi connectivity index (χ4v) is 3.04. The Morgan fingerprint density at radius 1 is 1.09 bits per heavy atom. The largest absolute Gasteiger partial charge is 0.465 e. The molecule has 132 valence electrons. The monoisotopic (exact) mass is 324 g/mol. The van der Waals surface area contributed by atoms with Gasteiger partial charge in [-0.25, -0.2) is 4.79 Å². The first-order chi connectivity index (χ1) is 11.0. The molecule has 0 aromatic carbocycles. The Morgan fingerprint density at radius 3 is 2.17 bits per heavy atom. The summed E-state index contributed by atoms with van der Waals surface area (Å²) in [5, 5.41) is 0. The highest BCUT2D eigenvalue weighted by Crippen LogP contribution is 2.35. The second-order valence-electron chi connectivity index (χ2n) is 6.79. The van der Waals surface area contributed by atoms with Gasteiger partial charge in [0.1, 0.15) is 0 Å². The Kier molecular flexibility index (Phi) is 8.97. The summed E-state index contributed by atoms with van der Waals surface area (Å²) >= 11 is 0. The van der Waals surface area contributed by atoms with E-state index in [2.05, 4.69) is 20.4 Å². The lowest BCUT2D eigenvalue weighted by atomic mass is 9.75. The quantitative estimate of drug-likeness (QED) is 0.361. The molecule has 1 aliphatic carbocycles. The third-order valence-electron chi connectivity index (χ3n) is 4.92. The molecule has 0 radical (unpaired) electrons. The Morgan fingerprint density at radius 2 is 1.65 bits per heavy atom. The lowest BCUT2D eigenvalue weighted by Crippen LogP contribution is -2.26. The minimum absolute atomic E-state index is 0.0495. The average Bonchev–Trinajstić information content (AvgIpc) is 2.56. The lowest BCUT2D eigenvalue weighted by molar-refractivity contribution is -0.150. The van der Waals surface area contributed by atoms with Gasteiger partial charge in [0.2, 0.25) is 0 Å². The molecule has 4 heteroatoms. The maximum absolute atomic E-state index is 12.1. The first-order valence-electron chi connectivity index (χ1n) is 8.95. The van der Waals surface area contributed by atoms with E-state index in [1.54, 1.807) is 6.92 Å². The Hall–Kier alpha value is -1.32. The predicted molar refractivity (Wildman–Crippen MR) is 90.9 cm³/mol. The summed E-state index contributed by atoms with van der Waals surface area (Å²) in [7, 11) is 0. The van der Waals surface area contributed by atoms with Crippen molar-refractivity contribution in [2.45, 2.75) is 65.7 Å². The Balaban J connectivity index is 2.09. The molecule has 0 N–H and O–H groups in total. The van der Waals surface area contributed by atoms with Crippen molar-refractivity contribution in [3.05, 3.63) is 12.2 Å². The van der Waals surface area contributed by atoms with Gasteiger partial charge in [0.05, 0.1) is 19.1 Å². The van der Waals surface area contributed by atoms with Crippen molar-refractivity contribution in [2.75, 3.05) is 13.2 Å². The third kappa shape index (κ3) is 7.19. The second kappa shape index (κ2) is 10.5. The number of carbonyl (C=O) groups excluding carboxylic acids is 2. The smallest absolute Gasteiger partial charge is 0.333 e.